The van der Waals surface area contributed by atoms with Crippen molar-refractivity contribution in [1.29, 1.82) is 0 Å². The monoisotopic (exact) mass is 386 g/mol. The van der Waals surface area contributed by atoms with E-state index in [0.717, 1.165) is 36.8 Å². The van der Waals surface area contributed by atoms with Gasteiger partial charge in [-0.05, 0) is 18.2 Å². The van der Waals surface area contributed by atoms with E-state index >= 15 is 0 Å². The van der Waals surface area contributed by atoms with Gasteiger partial charge in [0.25, 0.3) is 5.69 Å². The maximum atomic E-state index is 11.9. The van der Waals surface area contributed by atoms with Gasteiger partial charge in [0.15, 0.2) is 0 Å². The average molecular weight is 386 g/mol. The minimum absolute atomic E-state index is 0. The molecule has 126 valence electrons. The summed E-state index contributed by atoms with van der Waals surface area (Å²) in [5.74, 6) is -0.107. The first kappa shape index (κ1) is 20.8. The molecule has 1 aromatic heterocycles. The summed E-state index contributed by atoms with van der Waals surface area (Å²) < 4.78 is 46.8. The number of nitro benzene ring substituents is 1. The summed E-state index contributed by atoms with van der Waals surface area (Å²) in [5, 5.41) is 10.5. The van der Waals surface area contributed by atoms with Gasteiger partial charge in [0.05, 0.1) is 11.2 Å². The number of hydrogen-bond acceptors (Lipinski definition) is 7. The standard InChI is InChI=1S/C11H11N2O8PS.Na.H/c14-13(15)9-1-3-10(4-2-9)21-22(16,17)8-12-23(18,19)11-5-6-20-7-11;;/h1-7,12H,8H2,(H,16,17);;. The number of nitrogens with zero attached hydrogens (tertiary/aromatic N) is 1. The van der Waals surface area contributed by atoms with Crippen LogP contribution in [0.15, 0.2) is 52.2 Å². The fraction of sp³-hybridized carbons (Fsp3) is 0.0909. The van der Waals surface area contributed by atoms with Gasteiger partial charge >= 0.3 is 37.2 Å². The van der Waals surface area contributed by atoms with Crippen LogP contribution in [0.25, 0.3) is 0 Å². The summed E-state index contributed by atoms with van der Waals surface area (Å²) in [6.45, 7) is 0. The molecule has 1 unspecified atom stereocenters. The molecule has 0 radical (unpaired) electrons. The Morgan fingerprint density at radius 1 is 1.29 bits per heavy atom. The zero-order valence-corrected chi connectivity index (χ0v) is 13.1. The molecule has 10 nitrogen and oxygen atoms in total. The van der Waals surface area contributed by atoms with Crippen LogP contribution in [-0.4, -0.2) is 54.1 Å². The molecule has 13 heteroatoms. The molecule has 1 heterocycles. The Morgan fingerprint density at radius 2 is 1.92 bits per heavy atom. The van der Waals surface area contributed by atoms with Gasteiger partial charge in [0.1, 0.15) is 23.2 Å². The minimum atomic E-state index is -4.34. The number of nitrogens with one attached hydrogen (secondary N) is 1. The Labute approximate surface area is 158 Å². The Balaban J connectivity index is 0.00000288. The van der Waals surface area contributed by atoms with Crippen molar-refractivity contribution in [2.45, 2.75) is 4.90 Å². The molecule has 2 N–H and O–H groups in total. The third kappa shape index (κ3) is 5.71. The van der Waals surface area contributed by atoms with Crippen LogP contribution >= 0.6 is 7.60 Å². The molecule has 0 fully saturated rings. The summed E-state index contributed by atoms with van der Waals surface area (Å²) in [5.41, 5.74) is -0.217. The van der Waals surface area contributed by atoms with Crippen molar-refractivity contribution in [1.82, 2.24) is 4.72 Å². The topological polar surface area (TPSA) is 149 Å². The Bertz CT molecular complexity index is 837. The van der Waals surface area contributed by atoms with Crippen molar-refractivity contribution in [3.63, 3.8) is 0 Å². The van der Waals surface area contributed by atoms with Gasteiger partial charge in [-0.15, -0.1) is 0 Å². The zero-order chi connectivity index (χ0) is 17.1. The Morgan fingerprint density at radius 3 is 2.42 bits per heavy atom. The van der Waals surface area contributed by atoms with Crippen LogP contribution in [0.3, 0.4) is 0 Å². The van der Waals surface area contributed by atoms with E-state index in [0.29, 0.717) is 0 Å². The van der Waals surface area contributed by atoms with Gasteiger partial charge in [0, 0.05) is 12.1 Å². The van der Waals surface area contributed by atoms with Crippen molar-refractivity contribution in [3.8, 4) is 5.75 Å². The van der Waals surface area contributed by atoms with Gasteiger partial charge in [-0.2, -0.15) is 4.72 Å². The van der Waals surface area contributed by atoms with Crippen LogP contribution in [0.2, 0.25) is 0 Å². The number of benzene rings is 1. The first-order valence-corrected chi connectivity index (χ1v) is 9.22. The quantitative estimate of drug-likeness (QED) is 0.310. The van der Waals surface area contributed by atoms with E-state index in [2.05, 4.69) is 4.42 Å². The molecule has 0 amide bonds. The summed E-state index contributed by atoms with van der Waals surface area (Å²) in [7, 11) is -8.35. The number of rotatable bonds is 7. The molecule has 0 spiro atoms. The van der Waals surface area contributed by atoms with Crippen LogP contribution in [0.5, 0.6) is 5.75 Å². The van der Waals surface area contributed by atoms with E-state index in [-0.39, 0.29) is 45.9 Å². The molecule has 0 saturated carbocycles. The fourth-order valence-corrected chi connectivity index (χ4v) is 3.91. The number of sulfonamides is 1. The van der Waals surface area contributed by atoms with Gasteiger partial charge in [0.2, 0.25) is 10.0 Å². The number of hydrogen-bond donors (Lipinski definition) is 2. The molecular formula is C11H12N2NaO8PS. The first-order chi connectivity index (χ1) is 10.7. The van der Waals surface area contributed by atoms with Crippen LogP contribution in [-0.2, 0) is 14.6 Å². The summed E-state index contributed by atoms with van der Waals surface area (Å²) in [6.07, 6.45) is 1.22. The van der Waals surface area contributed by atoms with Crippen LogP contribution < -0.4 is 9.25 Å². The van der Waals surface area contributed by atoms with E-state index in [4.69, 9.17) is 4.52 Å². The molecule has 0 aliphatic rings. The summed E-state index contributed by atoms with van der Waals surface area (Å²) in [6, 6.07) is 5.61. The van der Waals surface area contributed by atoms with Gasteiger partial charge < -0.3 is 13.8 Å². The molecule has 0 aliphatic carbocycles. The van der Waals surface area contributed by atoms with Crippen LogP contribution in [0, 0.1) is 10.1 Å². The Kier molecular flexibility index (Phi) is 7.17. The predicted molar refractivity (Wildman–Crippen MR) is 84.6 cm³/mol. The molecular weight excluding hydrogens is 374 g/mol. The second kappa shape index (κ2) is 8.26. The fourth-order valence-electron chi connectivity index (χ4n) is 1.48. The molecule has 0 bridgehead atoms. The second-order valence-electron chi connectivity index (χ2n) is 4.24. The third-order valence-electron chi connectivity index (χ3n) is 2.56. The molecule has 24 heavy (non-hydrogen) atoms. The normalized spacial score (nSPS) is 13.5. The second-order valence-corrected chi connectivity index (χ2v) is 7.79. The summed E-state index contributed by atoms with van der Waals surface area (Å²) >= 11 is 0. The molecule has 2 rings (SSSR count). The number of nitro groups is 1. The predicted octanol–water partition coefficient (Wildman–Crippen LogP) is 1.04. The van der Waals surface area contributed by atoms with E-state index in [1.54, 1.807) is 0 Å². The van der Waals surface area contributed by atoms with Crippen molar-refractivity contribution >= 4 is 52.9 Å². The van der Waals surface area contributed by atoms with E-state index < -0.39 is 28.8 Å². The van der Waals surface area contributed by atoms with Crippen molar-refractivity contribution in [2.75, 3.05) is 6.29 Å². The Hall–Kier alpha value is -1.20. The van der Waals surface area contributed by atoms with Gasteiger partial charge in [-0.1, -0.05) is 0 Å². The molecule has 1 atom stereocenters. The molecule has 1 aromatic carbocycles. The summed E-state index contributed by atoms with van der Waals surface area (Å²) in [4.78, 5) is 19.3. The van der Waals surface area contributed by atoms with Gasteiger partial charge in [-0.3, -0.25) is 10.1 Å². The first-order valence-electron chi connectivity index (χ1n) is 5.97. The van der Waals surface area contributed by atoms with E-state index in [1.165, 1.54) is 6.07 Å². The average Bonchev–Trinajstić information content (AvgIpc) is 3.01. The van der Waals surface area contributed by atoms with Gasteiger partial charge in [-0.25, -0.2) is 13.0 Å². The van der Waals surface area contributed by atoms with Crippen molar-refractivity contribution in [3.05, 3.63) is 53.0 Å². The van der Waals surface area contributed by atoms with Crippen molar-refractivity contribution in [2.24, 2.45) is 0 Å². The van der Waals surface area contributed by atoms with E-state index in [9.17, 15) is 28.0 Å². The zero-order valence-electron chi connectivity index (χ0n) is 11.4. The maximum absolute atomic E-state index is 11.9. The third-order valence-corrected chi connectivity index (χ3v) is 5.20. The number of furan rings is 1. The SMILES string of the molecule is O=[N+]([O-])c1ccc(OP(=O)(O)CNS(=O)(=O)c2ccoc2)cc1.[NaH]. The van der Waals surface area contributed by atoms with Crippen LogP contribution in [0.1, 0.15) is 0 Å². The van der Waals surface area contributed by atoms with Crippen molar-refractivity contribution < 1.29 is 31.7 Å². The molecule has 0 saturated heterocycles. The van der Waals surface area contributed by atoms with E-state index in [1.807, 2.05) is 4.72 Å². The molecule has 0 aliphatic heterocycles. The molecule has 2 aromatic rings. The van der Waals surface area contributed by atoms with Crippen LogP contribution in [0.4, 0.5) is 5.69 Å². The number of non-ortho nitro benzene ring substituents is 1.